The number of hydrogen-bond donors (Lipinski definition) is 0. The monoisotopic (exact) mass is 319 g/mol. The van der Waals surface area contributed by atoms with Gasteiger partial charge in [0.15, 0.2) is 6.61 Å². The molecule has 0 radical (unpaired) electrons. The second-order valence-electron chi connectivity index (χ2n) is 4.92. The smallest absolute Gasteiger partial charge is 0.416 e. The lowest BCUT2D eigenvalue weighted by atomic mass is 10.4. The molecule has 1 saturated heterocycles. The van der Waals surface area contributed by atoms with Gasteiger partial charge in [-0.25, -0.2) is 24.0 Å². The van der Waals surface area contributed by atoms with Crippen LogP contribution in [-0.2, 0) is 14.3 Å². The third-order valence-electron chi connectivity index (χ3n) is 3.19. The molecular formula is C13H13N5O5. The summed E-state index contributed by atoms with van der Waals surface area (Å²) in [6.45, 7) is 3.29. The number of hydrogen-bond acceptors (Lipinski definition) is 8. The summed E-state index contributed by atoms with van der Waals surface area (Å²) in [6.07, 6.45) is -0.743. The minimum absolute atomic E-state index is 0.136. The van der Waals surface area contributed by atoms with Gasteiger partial charge in [-0.05, 0) is 19.9 Å². The maximum Gasteiger partial charge on any atom is 0.416 e. The molecule has 0 aromatic carbocycles. The van der Waals surface area contributed by atoms with Gasteiger partial charge in [0.2, 0.25) is 0 Å². The van der Waals surface area contributed by atoms with E-state index in [0.717, 1.165) is 16.3 Å². The van der Waals surface area contributed by atoms with E-state index in [4.69, 9.17) is 4.74 Å². The summed E-state index contributed by atoms with van der Waals surface area (Å²) in [7, 11) is 0. The Bertz CT molecular complexity index is 814. The van der Waals surface area contributed by atoms with Gasteiger partial charge in [-0.1, -0.05) is 0 Å². The molecule has 0 aliphatic carbocycles. The van der Waals surface area contributed by atoms with Gasteiger partial charge in [0.1, 0.15) is 6.61 Å². The van der Waals surface area contributed by atoms with Gasteiger partial charge < -0.3 is 9.47 Å². The van der Waals surface area contributed by atoms with Crippen molar-refractivity contribution in [3.8, 4) is 0 Å². The van der Waals surface area contributed by atoms with Crippen LogP contribution in [0.1, 0.15) is 22.0 Å². The van der Waals surface area contributed by atoms with Gasteiger partial charge in [0, 0.05) is 11.4 Å². The minimum Gasteiger partial charge on any atom is -0.450 e. The molecule has 0 saturated carbocycles. The van der Waals surface area contributed by atoms with Crippen LogP contribution in [0.2, 0.25) is 0 Å². The molecule has 2 amide bonds. The molecule has 3 rings (SSSR count). The van der Waals surface area contributed by atoms with Gasteiger partial charge >= 0.3 is 12.1 Å². The van der Waals surface area contributed by atoms with Crippen molar-refractivity contribution in [2.45, 2.75) is 13.8 Å². The van der Waals surface area contributed by atoms with E-state index >= 15 is 0 Å². The highest BCUT2D eigenvalue weighted by Gasteiger charge is 2.29. The lowest BCUT2D eigenvalue weighted by Crippen LogP contribution is -2.35. The molecule has 2 aromatic rings. The van der Waals surface area contributed by atoms with E-state index in [-0.39, 0.29) is 24.8 Å². The Labute approximate surface area is 130 Å². The number of fused-ring (bicyclic) bond motifs is 1. The van der Waals surface area contributed by atoms with Crippen LogP contribution in [0.15, 0.2) is 6.07 Å². The zero-order chi connectivity index (χ0) is 16.6. The second kappa shape index (κ2) is 5.63. The lowest BCUT2D eigenvalue weighted by Gasteiger charge is -2.09. The molecule has 0 bridgehead atoms. The fraction of sp³-hybridized carbons (Fsp3) is 0.385. The third-order valence-corrected chi connectivity index (χ3v) is 3.19. The summed E-state index contributed by atoms with van der Waals surface area (Å²) in [6, 6.07) is 1.79. The molecule has 2 aromatic heterocycles. The molecule has 120 valence electrons. The number of aryl methyl sites for hydroxylation is 2. The highest BCUT2D eigenvalue weighted by atomic mass is 16.6. The Morgan fingerprint density at radius 1 is 1.35 bits per heavy atom. The number of carbonyl (C=O) groups is 3. The number of aromatic nitrogens is 4. The number of nitrogens with zero attached hydrogens (tertiary/aromatic N) is 5. The molecule has 3 heterocycles. The first kappa shape index (κ1) is 14.9. The van der Waals surface area contributed by atoms with Crippen molar-refractivity contribution in [3.63, 3.8) is 0 Å². The van der Waals surface area contributed by atoms with E-state index < -0.39 is 24.6 Å². The van der Waals surface area contributed by atoms with E-state index in [1.165, 1.54) is 4.52 Å². The van der Waals surface area contributed by atoms with Gasteiger partial charge in [-0.2, -0.15) is 4.98 Å². The summed E-state index contributed by atoms with van der Waals surface area (Å²) in [5.74, 6) is -1.46. The molecule has 1 aliphatic heterocycles. The maximum atomic E-state index is 11.9. The van der Waals surface area contributed by atoms with Crippen LogP contribution in [0.25, 0.3) is 5.78 Å². The molecule has 0 N–H and O–H groups in total. The fourth-order valence-electron chi connectivity index (χ4n) is 2.14. The molecule has 10 heteroatoms. The summed E-state index contributed by atoms with van der Waals surface area (Å²) < 4.78 is 10.9. The molecule has 1 aliphatic rings. The highest BCUT2D eigenvalue weighted by Crippen LogP contribution is 2.07. The third kappa shape index (κ3) is 2.82. The van der Waals surface area contributed by atoms with Crippen LogP contribution in [-0.4, -0.2) is 62.2 Å². The van der Waals surface area contributed by atoms with Crippen LogP contribution >= 0.6 is 0 Å². The zero-order valence-electron chi connectivity index (χ0n) is 12.5. The van der Waals surface area contributed by atoms with Crippen molar-refractivity contribution >= 4 is 23.7 Å². The number of rotatable bonds is 3. The molecule has 23 heavy (non-hydrogen) atoms. The normalized spacial score (nSPS) is 14.2. The molecule has 0 unspecified atom stereocenters. The van der Waals surface area contributed by atoms with E-state index in [9.17, 15) is 14.4 Å². The van der Waals surface area contributed by atoms with Gasteiger partial charge in [-0.15, -0.1) is 5.10 Å². The summed E-state index contributed by atoms with van der Waals surface area (Å²) >= 11 is 0. The Balaban J connectivity index is 1.70. The Hall–Kier alpha value is -3.04. The number of cyclic esters (lactones) is 1. The zero-order valence-corrected chi connectivity index (χ0v) is 12.5. The second-order valence-corrected chi connectivity index (χ2v) is 4.92. The van der Waals surface area contributed by atoms with E-state index in [2.05, 4.69) is 19.8 Å². The van der Waals surface area contributed by atoms with Gasteiger partial charge in [0.05, 0.1) is 6.54 Å². The first-order valence-electron chi connectivity index (χ1n) is 6.81. The standard InChI is InChI=1S/C13H13N5O5/c1-7-5-8(2)18-12(14-7)15-10(16-18)11(20)23-6-9(19)17-3-4-22-13(17)21/h5H,3-4,6H2,1-2H3. The van der Waals surface area contributed by atoms with Crippen LogP contribution in [0.4, 0.5) is 4.79 Å². The van der Waals surface area contributed by atoms with E-state index in [1.54, 1.807) is 19.9 Å². The lowest BCUT2D eigenvalue weighted by molar-refractivity contribution is -0.131. The molecule has 0 spiro atoms. The van der Waals surface area contributed by atoms with Crippen LogP contribution in [0, 0.1) is 13.8 Å². The van der Waals surface area contributed by atoms with Crippen LogP contribution < -0.4 is 0 Å². The summed E-state index contributed by atoms with van der Waals surface area (Å²) in [5, 5.41) is 4.00. The van der Waals surface area contributed by atoms with Gasteiger partial charge in [0.25, 0.3) is 17.5 Å². The predicted molar refractivity (Wildman–Crippen MR) is 73.6 cm³/mol. The quantitative estimate of drug-likeness (QED) is 0.719. The largest absolute Gasteiger partial charge is 0.450 e. The first-order chi connectivity index (χ1) is 11.0. The van der Waals surface area contributed by atoms with Crippen molar-refractivity contribution in [2.75, 3.05) is 19.8 Å². The number of carbonyl (C=O) groups excluding carboxylic acids is 3. The van der Waals surface area contributed by atoms with Crippen molar-refractivity contribution in [2.24, 2.45) is 0 Å². The fourth-order valence-corrected chi connectivity index (χ4v) is 2.14. The molecule has 0 atom stereocenters. The number of esters is 1. The molecular weight excluding hydrogens is 306 g/mol. The summed E-state index contributed by atoms with van der Waals surface area (Å²) in [4.78, 5) is 43.9. The van der Waals surface area contributed by atoms with Crippen molar-refractivity contribution in [1.82, 2.24) is 24.5 Å². The number of imide groups is 1. The maximum absolute atomic E-state index is 11.9. The highest BCUT2D eigenvalue weighted by molar-refractivity contribution is 5.95. The first-order valence-corrected chi connectivity index (χ1v) is 6.81. The average molecular weight is 319 g/mol. The van der Waals surface area contributed by atoms with Gasteiger partial charge in [-0.3, -0.25) is 4.79 Å². The van der Waals surface area contributed by atoms with E-state index in [1.807, 2.05) is 0 Å². The Kier molecular flexibility index (Phi) is 3.64. The van der Waals surface area contributed by atoms with Crippen molar-refractivity contribution < 1.29 is 23.9 Å². The Morgan fingerprint density at radius 2 is 2.13 bits per heavy atom. The average Bonchev–Trinajstić information content (AvgIpc) is 3.10. The topological polar surface area (TPSA) is 116 Å². The van der Waals surface area contributed by atoms with Crippen molar-refractivity contribution in [1.29, 1.82) is 0 Å². The molecule has 1 fully saturated rings. The SMILES string of the molecule is Cc1cc(C)n2nc(C(=O)OCC(=O)N3CCOC3=O)nc2n1. The summed E-state index contributed by atoms with van der Waals surface area (Å²) in [5.41, 5.74) is 1.50. The number of ether oxygens (including phenoxy) is 2. The van der Waals surface area contributed by atoms with Crippen molar-refractivity contribution in [3.05, 3.63) is 23.3 Å². The van der Waals surface area contributed by atoms with E-state index in [0.29, 0.717) is 0 Å². The minimum atomic E-state index is -0.867. The molecule has 10 nitrogen and oxygen atoms in total. The predicted octanol–water partition coefficient (Wildman–Crippen LogP) is -0.123. The van der Waals surface area contributed by atoms with Crippen LogP contribution in [0.5, 0.6) is 0 Å². The van der Waals surface area contributed by atoms with Crippen LogP contribution in [0.3, 0.4) is 0 Å². The Morgan fingerprint density at radius 3 is 2.83 bits per heavy atom. The number of amides is 2.